The van der Waals surface area contributed by atoms with Crippen molar-refractivity contribution in [1.82, 2.24) is 9.88 Å². The first-order chi connectivity index (χ1) is 11.8. The fourth-order valence-electron chi connectivity index (χ4n) is 3.80. The van der Waals surface area contributed by atoms with E-state index >= 15 is 0 Å². The quantitative estimate of drug-likeness (QED) is 0.789. The Balaban J connectivity index is 1.37. The van der Waals surface area contributed by atoms with Gasteiger partial charge in [-0.3, -0.25) is 4.90 Å². The maximum atomic E-state index is 3.52. The zero-order valence-corrected chi connectivity index (χ0v) is 14.3. The van der Waals surface area contributed by atoms with Crippen LogP contribution in [0.1, 0.15) is 11.3 Å². The minimum atomic E-state index is 1.12. The molecule has 4 rings (SSSR count). The number of benzene rings is 2. The van der Waals surface area contributed by atoms with Gasteiger partial charge in [0, 0.05) is 55.0 Å². The number of rotatable bonds is 4. The zero-order valence-electron chi connectivity index (χ0n) is 14.3. The smallest absolute Gasteiger partial charge is 0.0458 e. The Morgan fingerprint density at radius 3 is 2.38 bits per heavy atom. The highest BCUT2D eigenvalue weighted by Crippen LogP contribution is 2.23. The maximum absolute atomic E-state index is 3.52. The summed E-state index contributed by atoms with van der Waals surface area (Å²) in [5, 5.41) is 1.39. The Labute approximate surface area is 143 Å². The number of hydrogen-bond donors (Lipinski definition) is 1. The molecule has 3 nitrogen and oxygen atoms in total. The number of hydrogen-bond acceptors (Lipinski definition) is 2. The molecule has 1 fully saturated rings. The first-order valence-electron chi connectivity index (χ1n) is 8.90. The first-order valence-corrected chi connectivity index (χ1v) is 8.90. The van der Waals surface area contributed by atoms with Crippen LogP contribution in [0.2, 0.25) is 0 Å². The Morgan fingerprint density at radius 2 is 1.58 bits per heavy atom. The third-order valence-electron chi connectivity index (χ3n) is 5.20. The molecule has 0 aliphatic carbocycles. The van der Waals surface area contributed by atoms with Crippen LogP contribution < -0.4 is 4.90 Å². The molecule has 1 saturated heterocycles. The zero-order chi connectivity index (χ0) is 16.4. The number of fused-ring (bicyclic) bond motifs is 1. The molecule has 124 valence electrons. The van der Waals surface area contributed by atoms with E-state index in [0.717, 1.165) is 39.1 Å². The topological polar surface area (TPSA) is 22.3 Å². The van der Waals surface area contributed by atoms with Gasteiger partial charge in [0.25, 0.3) is 0 Å². The van der Waals surface area contributed by atoms with Gasteiger partial charge in [0.1, 0.15) is 0 Å². The number of H-pyrrole nitrogens is 1. The summed E-state index contributed by atoms with van der Waals surface area (Å²) in [6.45, 7) is 7.88. The standard InChI is InChI=1S/C21H25N3/c1-17-19(20-9-5-6-10-21(20)22-17)11-12-23-13-15-24(16-14-23)18-7-3-2-4-8-18/h2-10,22H,11-16H2,1H3. The molecule has 0 spiro atoms. The van der Waals surface area contributed by atoms with Crippen molar-refractivity contribution in [3.63, 3.8) is 0 Å². The molecule has 2 aromatic carbocycles. The van der Waals surface area contributed by atoms with Crippen LogP contribution in [0.3, 0.4) is 0 Å². The maximum Gasteiger partial charge on any atom is 0.0458 e. The highest BCUT2D eigenvalue weighted by molar-refractivity contribution is 5.84. The highest BCUT2D eigenvalue weighted by Gasteiger charge is 2.17. The molecule has 0 amide bonds. The fourth-order valence-corrected chi connectivity index (χ4v) is 3.80. The summed E-state index contributed by atoms with van der Waals surface area (Å²) in [4.78, 5) is 8.61. The van der Waals surface area contributed by atoms with Crippen molar-refractivity contribution in [1.29, 1.82) is 0 Å². The molecule has 0 bridgehead atoms. The normalized spacial score (nSPS) is 16.0. The highest BCUT2D eigenvalue weighted by atomic mass is 15.3. The summed E-state index contributed by atoms with van der Waals surface area (Å²) in [7, 11) is 0. The summed E-state index contributed by atoms with van der Waals surface area (Å²) in [6, 6.07) is 19.4. The molecule has 2 heterocycles. The molecule has 1 aliphatic heterocycles. The van der Waals surface area contributed by atoms with Crippen LogP contribution in [0, 0.1) is 6.92 Å². The number of nitrogens with one attached hydrogen (secondary N) is 1. The van der Waals surface area contributed by atoms with Gasteiger partial charge in [-0.2, -0.15) is 0 Å². The molecule has 0 atom stereocenters. The van der Waals surface area contributed by atoms with Gasteiger partial charge in [0.2, 0.25) is 0 Å². The minimum absolute atomic E-state index is 1.12. The van der Waals surface area contributed by atoms with Crippen molar-refractivity contribution in [2.75, 3.05) is 37.6 Å². The SMILES string of the molecule is Cc1[nH]c2ccccc2c1CCN1CCN(c2ccccc2)CC1. The largest absolute Gasteiger partial charge is 0.369 e. The van der Waals surface area contributed by atoms with E-state index in [0.29, 0.717) is 0 Å². The second-order valence-electron chi connectivity index (χ2n) is 6.69. The minimum Gasteiger partial charge on any atom is -0.369 e. The number of aryl methyl sites for hydroxylation is 1. The molecule has 0 saturated carbocycles. The summed E-state index contributed by atoms with van der Waals surface area (Å²) in [5.41, 5.74) is 5.42. The molecular weight excluding hydrogens is 294 g/mol. The Bertz CT molecular complexity index is 798. The number of aromatic nitrogens is 1. The molecule has 3 aromatic rings. The molecule has 0 unspecified atom stereocenters. The monoisotopic (exact) mass is 319 g/mol. The predicted molar refractivity (Wildman–Crippen MR) is 102 cm³/mol. The van der Waals surface area contributed by atoms with Gasteiger partial charge < -0.3 is 9.88 Å². The van der Waals surface area contributed by atoms with Gasteiger partial charge in [-0.15, -0.1) is 0 Å². The molecule has 24 heavy (non-hydrogen) atoms. The lowest BCUT2D eigenvalue weighted by Gasteiger charge is -2.36. The van der Waals surface area contributed by atoms with E-state index < -0.39 is 0 Å². The van der Waals surface area contributed by atoms with Crippen LogP contribution >= 0.6 is 0 Å². The first kappa shape index (κ1) is 15.3. The van der Waals surface area contributed by atoms with Crippen molar-refractivity contribution in [3.8, 4) is 0 Å². The van der Waals surface area contributed by atoms with Gasteiger partial charge in [-0.05, 0) is 37.1 Å². The van der Waals surface area contributed by atoms with Crippen LogP contribution in [0.4, 0.5) is 5.69 Å². The Kier molecular flexibility index (Phi) is 4.26. The van der Waals surface area contributed by atoms with E-state index in [1.54, 1.807) is 0 Å². The predicted octanol–water partition coefficient (Wildman–Crippen LogP) is 3.84. The van der Waals surface area contributed by atoms with E-state index in [4.69, 9.17) is 0 Å². The summed E-state index contributed by atoms with van der Waals surface area (Å²) < 4.78 is 0. The lowest BCUT2D eigenvalue weighted by Crippen LogP contribution is -2.47. The molecular formula is C21H25N3. The number of anilines is 1. The number of aromatic amines is 1. The van der Waals surface area contributed by atoms with Crippen molar-refractivity contribution in [2.24, 2.45) is 0 Å². The van der Waals surface area contributed by atoms with Crippen LogP contribution in [0.15, 0.2) is 54.6 Å². The van der Waals surface area contributed by atoms with Crippen molar-refractivity contribution in [3.05, 3.63) is 65.9 Å². The van der Waals surface area contributed by atoms with E-state index in [9.17, 15) is 0 Å². The Hall–Kier alpha value is -2.26. The summed E-state index contributed by atoms with van der Waals surface area (Å²) in [5.74, 6) is 0. The fraction of sp³-hybridized carbons (Fsp3) is 0.333. The second-order valence-corrected chi connectivity index (χ2v) is 6.69. The number of para-hydroxylation sites is 2. The average molecular weight is 319 g/mol. The van der Waals surface area contributed by atoms with Gasteiger partial charge >= 0.3 is 0 Å². The number of nitrogens with zero attached hydrogens (tertiary/aromatic N) is 2. The van der Waals surface area contributed by atoms with E-state index in [-0.39, 0.29) is 0 Å². The second kappa shape index (κ2) is 6.70. The third kappa shape index (κ3) is 3.04. The number of piperazine rings is 1. The summed E-state index contributed by atoms with van der Waals surface area (Å²) in [6.07, 6.45) is 1.13. The molecule has 1 aromatic heterocycles. The lowest BCUT2D eigenvalue weighted by atomic mass is 10.1. The van der Waals surface area contributed by atoms with Gasteiger partial charge in [0.05, 0.1) is 0 Å². The van der Waals surface area contributed by atoms with Crippen molar-refractivity contribution >= 4 is 16.6 Å². The van der Waals surface area contributed by atoms with Crippen LogP contribution in [-0.2, 0) is 6.42 Å². The van der Waals surface area contributed by atoms with Crippen LogP contribution in [0.5, 0.6) is 0 Å². The van der Waals surface area contributed by atoms with Gasteiger partial charge in [-0.1, -0.05) is 36.4 Å². The molecule has 0 radical (unpaired) electrons. The molecule has 3 heteroatoms. The van der Waals surface area contributed by atoms with E-state index in [2.05, 4.69) is 76.3 Å². The lowest BCUT2D eigenvalue weighted by molar-refractivity contribution is 0.261. The van der Waals surface area contributed by atoms with Crippen LogP contribution in [-0.4, -0.2) is 42.6 Å². The Morgan fingerprint density at radius 1 is 0.875 bits per heavy atom. The van der Waals surface area contributed by atoms with Crippen molar-refractivity contribution < 1.29 is 0 Å². The van der Waals surface area contributed by atoms with Crippen molar-refractivity contribution in [2.45, 2.75) is 13.3 Å². The van der Waals surface area contributed by atoms with E-state index in [1.165, 1.54) is 27.8 Å². The average Bonchev–Trinajstić information content (AvgIpc) is 2.96. The molecule has 1 N–H and O–H groups in total. The summed E-state index contributed by atoms with van der Waals surface area (Å²) >= 11 is 0. The van der Waals surface area contributed by atoms with Gasteiger partial charge in [-0.25, -0.2) is 0 Å². The molecule has 1 aliphatic rings. The van der Waals surface area contributed by atoms with Crippen LogP contribution in [0.25, 0.3) is 10.9 Å². The van der Waals surface area contributed by atoms with Gasteiger partial charge in [0.15, 0.2) is 0 Å². The third-order valence-corrected chi connectivity index (χ3v) is 5.20. The van der Waals surface area contributed by atoms with E-state index in [1.807, 2.05) is 0 Å².